The van der Waals surface area contributed by atoms with Crippen molar-refractivity contribution in [1.82, 2.24) is 15.1 Å². The largest absolute Gasteiger partial charge is 0.465 e. The number of para-hydroxylation sites is 1. The summed E-state index contributed by atoms with van der Waals surface area (Å²) in [4.78, 5) is 12.2. The normalized spacial score (nSPS) is 28.4. The minimum absolute atomic E-state index is 0.0981. The fourth-order valence-corrected chi connectivity index (χ4v) is 5.56. The fraction of sp³-hybridized carbons (Fsp3) is 0.435. The van der Waals surface area contributed by atoms with Crippen molar-refractivity contribution in [3.63, 3.8) is 0 Å². The number of ether oxygens (including phenoxy) is 2. The Morgan fingerprint density at radius 1 is 1.34 bits per heavy atom. The van der Waals surface area contributed by atoms with Crippen LogP contribution in [0.15, 0.2) is 47.6 Å². The van der Waals surface area contributed by atoms with Crippen molar-refractivity contribution in [3.8, 4) is 11.8 Å². The monoisotopic (exact) mass is 548 g/mol. The zero-order valence-electron chi connectivity index (χ0n) is 20.6. The summed E-state index contributed by atoms with van der Waals surface area (Å²) in [6, 6.07) is 12.0. The molecule has 0 amide bonds. The van der Waals surface area contributed by atoms with Gasteiger partial charge in [0.05, 0.1) is 18.0 Å². The van der Waals surface area contributed by atoms with E-state index in [1.54, 1.807) is 37.3 Å². The molecule has 2 aliphatic heterocycles. The molecule has 0 saturated carbocycles. The predicted molar refractivity (Wildman–Crippen MR) is 132 cm³/mol. The van der Waals surface area contributed by atoms with E-state index in [9.17, 15) is 24.8 Å². The van der Waals surface area contributed by atoms with Gasteiger partial charge in [0, 0.05) is 0 Å². The van der Waals surface area contributed by atoms with Gasteiger partial charge >= 0.3 is 13.7 Å². The lowest BCUT2D eigenvalue weighted by Gasteiger charge is -2.28. The summed E-state index contributed by atoms with van der Waals surface area (Å²) < 4.78 is 37.1. The second-order valence-corrected chi connectivity index (χ2v) is 10.3. The lowest BCUT2D eigenvalue weighted by molar-refractivity contribution is -0.144. The van der Waals surface area contributed by atoms with Gasteiger partial charge in [0.25, 0.3) is 0 Å². The first kappa shape index (κ1) is 27.7. The van der Waals surface area contributed by atoms with Crippen LogP contribution in [0.25, 0.3) is 0 Å². The van der Waals surface area contributed by atoms with E-state index in [4.69, 9.17) is 24.3 Å². The van der Waals surface area contributed by atoms with Gasteiger partial charge in [0.15, 0.2) is 0 Å². The summed E-state index contributed by atoms with van der Waals surface area (Å²) in [7, 11) is -4.36. The van der Waals surface area contributed by atoms with Crippen LogP contribution in [0.3, 0.4) is 0 Å². The number of nitrogens with one attached hydrogen (secondary N) is 2. The van der Waals surface area contributed by atoms with Gasteiger partial charge in [-0.2, -0.15) is 15.5 Å². The Labute approximate surface area is 218 Å². The molecule has 3 heterocycles. The van der Waals surface area contributed by atoms with Crippen LogP contribution in [0.5, 0.6) is 5.75 Å². The topological polar surface area (TPSA) is 203 Å². The first-order valence-electron chi connectivity index (χ1n) is 11.8. The van der Waals surface area contributed by atoms with Gasteiger partial charge in [-0.15, -0.1) is 0 Å². The maximum atomic E-state index is 13.7. The summed E-state index contributed by atoms with van der Waals surface area (Å²) in [6.45, 7) is 2.33. The Bertz CT molecular complexity index is 1270. The minimum atomic E-state index is -4.36. The number of rotatable bonds is 10. The Kier molecular flexibility index (Phi) is 8.19. The molecule has 6 N–H and O–H groups in total. The summed E-state index contributed by atoms with van der Waals surface area (Å²) in [5, 5.41) is 41.2. The standard InChI is InChI=1S/C23H29N6O8P/c1-3-34-22(32)14(2)28-38(33,37-15-7-5-4-6-8-15)35-12-23(11-24)20(31)18(30)19(36-23)16-9-10-17-21(25)26-13-27-29(16)17/h4-10,13-14,18-21,30-31H,3,12,25H2,1-2H3,(H,26,27)(H,28,33)/t14-,18-,19-,20-,21?,23+,38?/m0/s1. The van der Waals surface area contributed by atoms with Crippen molar-refractivity contribution in [2.24, 2.45) is 10.8 Å². The zero-order chi connectivity index (χ0) is 27.5. The highest BCUT2D eigenvalue weighted by molar-refractivity contribution is 7.52. The lowest BCUT2D eigenvalue weighted by Crippen LogP contribution is -2.46. The van der Waals surface area contributed by atoms with Crippen LogP contribution in [-0.4, -0.2) is 64.3 Å². The molecular weight excluding hydrogens is 519 g/mol. The van der Waals surface area contributed by atoms with Crippen molar-refractivity contribution >= 4 is 20.1 Å². The zero-order valence-corrected chi connectivity index (χ0v) is 21.5. The molecule has 2 unspecified atom stereocenters. The second kappa shape index (κ2) is 11.2. The number of aliphatic hydroxyl groups is 2. The minimum Gasteiger partial charge on any atom is -0.465 e. The smallest absolute Gasteiger partial charge is 0.459 e. The number of carbonyl (C=O) groups excluding carboxylic acids is 1. The summed E-state index contributed by atoms with van der Waals surface area (Å²) >= 11 is 0. The highest BCUT2D eigenvalue weighted by Gasteiger charge is 2.57. The number of esters is 1. The number of hydrogen-bond acceptors (Lipinski definition) is 12. The first-order chi connectivity index (χ1) is 18.1. The van der Waals surface area contributed by atoms with Gasteiger partial charge in [-0.1, -0.05) is 18.2 Å². The average Bonchev–Trinajstić information content (AvgIpc) is 3.44. The molecule has 4 rings (SSSR count). The van der Waals surface area contributed by atoms with Crippen LogP contribution in [0.1, 0.15) is 37.5 Å². The highest BCUT2D eigenvalue weighted by atomic mass is 31.2. The first-order valence-corrected chi connectivity index (χ1v) is 13.3. The predicted octanol–water partition coefficient (Wildman–Crippen LogP) is 0.640. The van der Waals surface area contributed by atoms with Crippen LogP contribution in [0.2, 0.25) is 0 Å². The Morgan fingerprint density at radius 2 is 2.05 bits per heavy atom. The number of hydrogen-bond donors (Lipinski definition) is 5. The van der Waals surface area contributed by atoms with Gasteiger partial charge in [-0.3, -0.25) is 9.32 Å². The Hall–Kier alpha value is -3.28. The molecule has 1 fully saturated rings. The lowest BCUT2D eigenvalue weighted by atomic mass is 9.96. The number of nitrogens with zero attached hydrogens (tertiary/aromatic N) is 3. The van der Waals surface area contributed by atoms with E-state index in [1.807, 2.05) is 6.07 Å². The van der Waals surface area contributed by atoms with E-state index in [0.717, 1.165) is 0 Å². The fourth-order valence-electron chi connectivity index (χ4n) is 4.04. The molecule has 38 heavy (non-hydrogen) atoms. The molecule has 1 aromatic carbocycles. The summed E-state index contributed by atoms with van der Waals surface area (Å²) in [5.41, 5.74) is 4.75. The van der Waals surface area contributed by atoms with E-state index < -0.39 is 56.4 Å². The Balaban J connectivity index is 1.58. The molecule has 0 radical (unpaired) electrons. The second-order valence-electron chi connectivity index (χ2n) is 8.64. The molecule has 7 atom stereocenters. The number of fused-ring (bicyclic) bond motifs is 1. The van der Waals surface area contributed by atoms with Crippen LogP contribution in [0, 0.1) is 11.3 Å². The van der Waals surface area contributed by atoms with E-state index >= 15 is 0 Å². The van der Waals surface area contributed by atoms with Crippen LogP contribution < -0.4 is 20.7 Å². The SMILES string of the molecule is CCOC(=O)[C@H](C)NP(=O)(OC[C@@]1(C#N)O[C@@H](c2ccc3n2N=CNC3N)[C@H](O)[C@@H]1O)Oc1ccccc1. The number of benzene rings is 1. The average molecular weight is 548 g/mol. The maximum Gasteiger partial charge on any atom is 0.459 e. The van der Waals surface area contributed by atoms with Crippen LogP contribution >= 0.6 is 7.75 Å². The third kappa shape index (κ3) is 5.45. The molecule has 1 saturated heterocycles. The number of aromatic nitrogens is 1. The van der Waals surface area contributed by atoms with Crippen molar-refractivity contribution in [1.29, 1.82) is 5.26 Å². The number of aliphatic hydroxyl groups excluding tert-OH is 2. The van der Waals surface area contributed by atoms with E-state index in [1.165, 1.54) is 30.1 Å². The van der Waals surface area contributed by atoms with Crippen molar-refractivity contribution in [2.45, 2.75) is 50.0 Å². The maximum absolute atomic E-state index is 13.7. The Morgan fingerprint density at radius 3 is 2.74 bits per heavy atom. The number of nitriles is 1. The molecule has 15 heteroatoms. The molecule has 14 nitrogen and oxygen atoms in total. The highest BCUT2D eigenvalue weighted by Crippen LogP contribution is 2.48. The summed E-state index contributed by atoms with van der Waals surface area (Å²) in [6.07, 6.45) is -3.74. The molecular formula is C23H29N6O8P. The molecule has 0 spiro atoms. The molecule has 0 aliphatic carbocycles. The summed E-state index contributed by atoms with van der Waals surface area (Å²) in [5.74, 6) is -0.555. The van der Waals surface area contributed by atoms with Gasteiger partial charge in [-0.05, 0) is 38.1 Å². The van der Waals surface area contributed by atoms with Gasteiger partial charge in [0.2, 0.25) is 5.60 Å². The third-order valence-corrected chi connectivity index (χ3v) is 7.62. The van der Waals surface area contributed by atoms with E-state index in [2.05, 4.69) is 15.5 Å². The van der Waals surface area contributed by atoms with E-state index in [0.29, 0.717) is 11.4 Å². The van der Waals surface area contributed by atoms with Gasteiger partial charge in [0.1, 0.15) is 55.3 Å². The van der Waals surface area contributed by atoms with Crippen molar-refractivity contribution in [2.75, 3.05) is 13.2 Å². The molecule has 2 aromatic rings. The number of carbonyl (C=O) groups is 1. The molecule has 2 aliphatic rings. The van der Waals surface area contributed by atoms with E-state index in [-0.39, 0.29) is 12.4 Å². The van der Waals surface area contributed by atoms with Crippen LogP contribution in [-0.2, 0) is 23.4 Å². The van der Waals surface area contributed by atoms with Crippen LogP contribution in [0.4, 0.5) is 0 Å². The quantitative estimate of drug-likeness (QED) is 0.205. The number of nitrogens with two attached hydrogens (primary N) is 1. The third-order valence-electron chi connectivity index (χ3n) is 6.00. The molecule has 1 aromatic heterocycles. The van der Waals surface area contributed by atoms with Gasteiger partial charge < -0.3 is 35.3 Å². The van der Waals surface area contributed by atoms with Gasteiger partial charge in [-0.25, -0.2) is 9.24 Å². The van der Waals surface area contributed by atoms with Crippen molar-refractivity contribution < 1.29 is 38.1 Å². The van der Waals surface area contributed by atoms with Crippen molar-refractivity contribution in [3.05, 3.63) is 53.9 Å². The molecule has 0 bridgehead atoms. The molecule has 204 valence electrons.